The maximum Gasteiger partial charge on any atom is 0.311 e. The summed E-state index contributed by atoms with van der Waals surface area (Å²) in [4.78, 5) is 25.0. The summed E-state index contributed by atoms with van der Waals surface area (Å²) in [7, 11) is 0. The van der Waals surface area contributed by atoms with Gasteiger partial charge in [0.1, 0.15) is 5.78 Å². The minimum atomic E-state index is -0.531. The van der Waals surface area contributed by atoms with E-state index in [-0.39, 0.29) is 29.3 Å². The van der Waals surface area contributed by atoms with Crippen molar-refractivity contribution >= 4 is 11.8 Å². The summed E-state index contributed by atoms with van der Waals surface area (Å²) in [5, 5.41) is 0. The topological polar surface area (TPSA) is 61.8 Å². The van der Waals surface area contributed by atoms with Crippen LogP contribution >= 0.6 is 0 Å². The quantitative estimate of drug-likeness (QED) is 0.226. The van der Waals surface area contributed by atoms with Crippen molar-refractivity contribution in [2.75, 3.05) is 13.2 Å². The second-order valence-corrected chi connectivity index (χ2v) is 9.55. The number of carbonyl (C=O) groups excluding carboxylic acids is 2. The van der Waals surface area contributed by atoms with Crippen molar-refractivity contribution < 1.29 is 23.8 Å². The van der Waals surface area contributed by atoms with Gasteiger partial charge < -0.3 is 14.2 Å². The maximum atomic E-state index is 12.6. The molecule has 5 nitrogen and oxygen atoms in total. The van der Waals surface area contributed by atoms with E-state index in [0.29, 0.717) is 18.3 Å². The van der Waals surface area contributed by atoms with Crippen molar-refractivity contribution in [2.24, 2.45) is 23.2 Å². The van der Waals surface area contributed by atoms with E-state index in [1.807, 2.05) is 13.8 Å². The van der Waals surface area contributed by atoms with Crippen LogP contribution in [-0.4, -0.2) is 37.4 Å². The molecule has 0 heterocycles. The molecule has 29 heavy (non-hydrogen) atoms. The Hall–Kier alpha value is -0.940. The highest BCUT2D eigenvalue weighted by molar-refractivity contribution is 5.86. The van der Waals surface area contributed by atoms with E-state index in [4.69, 9.17) is 14.2 Å². The lowest BCUT2D eigenvalue weighted by molar-refractivity contribution is -0.181. The van der Waals surface area contributed by atoms with Crippen molar-refractivity contribution in [1.29, 1.82) is 0 Å². The highest BCUT2D eigenvalue weighted by Gasteiger charge is 2.36. The molecule has 1 rings (SSSR count). The molecule has 0 aromatic heterocycles. The van der Waals surface area contributed by atoms with Crippen molar-refractivity contribution in [3.05, 3.63) is 0 Å². The fourth-order valence-electron chi connectivity index (χ4n) is 3.53. The van der Waals surface area contributed by atoms with E-state index in [1.165, 1.54) is 0 Å². The number of ketones is 1. The molecule has 0 amide bonds. The van der Waals surface area contributed by atoms with Gasteiger partial charge in [0, 0.05) is 17.9 Å². The largest absolute Gasteiger partial charge is 0.436 e. The zero-order chi connectivity index (χ0) is 22.0. The Bertz CT molecular complexity index is 491. The first-order valence-electron chi connectivity index (χ1n) is 11.6. The molecule has 1 aliphatic carbocycles. The average molecular weight is 413 g/mol. The summed E-state index contributed by atoms with van der Waals surface area (Å²) in [5.74, 6) is 0.656. The summed E-state index contributed by atoms with van der Waals surface area (Å²) in [6.07, 6.45) is 5.44. The number of carbonyl (C=O) groups is 2. The molecular weight excluding hydrogens is 368 g/mol. The van der Waals surface area contributed by atoms with Gasteiger partial charge in [-0.15, -0.1) is 0 Å². The standard InChI is InChI=1S/C24H44O5/c1-8-24(6,7)22(25)20-11-13-21(14-12-20)23(26)29-19(5)28-16-10-9-15-27-18(4)17(2)3/h17-21H,8-16H2,1-7H3. The predicted molar refractivity (Wildman–Crippen MR) is 116 cm³/mol. The number of hydrogen-bond donors (Lipinski definition) is 0. The number of esters is 1. The van der Waals surface area contributed by atoms with Gasteiger partial charge in [0.05, 0.1) is 18.6 Å². The van der Waals surface area contributed by atoms with Crippen LogP contribution in [0, 0.1) is 23.2 Å². The fourth-order valence-corrected chi connectivity index (χ4v) is 3.53. The molecule has 0 N–H and O–H groups in total. The Morgan fingerprint density at radius 2 is 1.41 bits per heavy atom. The first-order chi connectivity index (χ1) is 13.6. The van der Waals surface area contributed by atoms with Gasteiger partial charge in [0.15, 0.2) is 6.29 Å². The summed E-state index contributed by atoms with van der Waals surface area (Å²) in [5.41, 5.74) is -0.266. The normalized spacial score (nSPS) is 22.3. The van der Waals surface area contributed by atoms with E-state index < -0.39 is 6.29 Å². The molecule has 0 aromatic rings. The Kier molecular flexibility index (Phi) is 11.4. The Labute approximate surface area is 178 Å². The molecule has 1 fully saturated rings. The monoisotopic (exact) mass is 412 g/mol. The third-order valence-corrected chi connectivity index (χ3v) is 6.48. The lowest BCUT2D eigenvalue weighted by Gasteiger charge is -2.32. The van der Waals surface area contributed by atoms with Gasteiger partial charge >= 0.3 is 5.97 Å². The van der Waals surface area contributed by atoms with Crippen LogP contribution in [0.5, 0.6) is 0 Å². The number of hydrogen-bond acceptors (Lipinski definition) is 5. The lowest BCUT2D eigenvalue weighted by Crippen LogP contribution is -2.35. The minimum Gasteiger partial charge on any atom is -0.436 e. The molecule has 0 aromatic carbocycles. The first kappa shape index (κ1) is 26.1. The van der Waals surface area contributed by atoms with Crippen LogP contribution in [0.25, 0.3) is 0 Å². The molecular formula is C24H44O5. The SMILES string of the molecule is CCC(C)(C)C(=O)C1CCC(C(=O)OC(C)OCCCCOC(C)C(C)C)CC1. The van der Waals surface area contributed by atoms with Crippen LogP contribution in [0.2, 0.25) is 0 Å². The van der Waals surface area contributed by atoms with Crippen LogP contribution < -0.4 is 0 Å². The van der Waals surface area contributed by atoms with Gasteiger partial charge in [0.25, 0.3) is 0 Å². The zero-order valence-corrected chi connectivity index (χ0v) is 19.8. The molecule has 0 saturated heterocycles. The number of unbranched alkanes of at least 4 members (excludes halogenated alkanes) is 1. The molecule has 170 valence electrons. The second kappa shape index (κ2) is 12.7. The third-order valence-electron chi connectivity index (χ3n) is 6.48. The van der Waals surface area contributed by atoms with Gasteiger partial charge in [-0.05, 0) is 64.7 Å². The smallest absolute Gasteiger partial charge is 0.311 e. The van der Waals surface area contributed by atoms with E-state index in [0.717, 1.165) is 51.6 Å². The van der Waals surface area contributed by atoms with Gasteiger partial charge in [0.2, 0.25) is 0 Å². The zero-order valence-electron chi connectivity index (χ0n) is 19.8. The van der Waals surface area contributed by atoms with Crippen molar-refractivity contribution in [2.45, 2.75) is 106 Å². The summed E-state index contributed by atoms with van der Waals surface area (Å²) < 4.78 is 16.8. The number of rotatable bonds is 13. The Morgan fingerprint density at radius 3 is 1.93 bits per heavy atom. The fraction of sp³-hybridized carbons (Fsp3) is 0.917. The van der Waals surface area contributed by atoms with Gasteiger partial charge in [-0.2, -0.15) is 0 Å². The van der Waals surface area contributed by atoms with Crippen LogP contribution in [0.3, 0.4) is 0 Å². The molecule has 1 saturated carbocycles. The van der Waals surface area contributed by atoms with Crippen LogP contribution in [-0.2, 0) is 23.8 Å². The van der Waals surface area contributed by atoms with Crippen LogP contribution in [0.15, 0.2) is 0 Å². The summed E-state index contributed by atoms with van der Waals surface area (Å²) in [6.45, 7) is 15.6. The van der Waals surface area contributed by atoms with Gasteiger partial charge in [-0.1, -0.05) is 34.6 Å². The molecule has 2 unspecified atom stereocenters. The molecule has 0 spiro atoms. The molecule has 5 heteroatoms. The number of Topliss-reactive ketones (excluding diaryl/α,β-unsaturated/α-hetero) is 1. The second-order valence-electron chi connectivity index (χ2n) is 9.55. The first-order valence-corrected chi connectivity index (χ1v) is 11.6. The van der Waals surface area contributed by atoms with Crippen LogP contribution in [0.4, 0.5) is 0 Å². The van der Waals surface area contributed by atoms with E-state index in [9.17, 15) is 9.59 Å². The van der Waals surface area contributed by atoms with Crippen molar-refractivity contribution in [3.63, 3.8) is 0 Å². The van der Waals surface area contributed by atoms with Gasteiger partial charge in [-0.3, -0.25) is 9.59 Å². The van der Waals surface area contributed by atoms with Gasteiger partial charge in [-0.25, -0.2) is 0 Å². The van der Waals surface area contributed by atoms with E-state index in [2.05, 4.69) is 27.7 Å². The highest BCUT2D eigenvalue weighted by atomic mass is 16.7. The lowest BCUT2D eigenvalue weighted by atomic mass is 9.72. The molecule has 1 aliphatic rings. The Balaban J connectivity index is 2.20. The molecule has 0 bridgehead atoms. The molecule has 0 aliphatic heterocycles. The van der Waals surface area contributed by atoms with E-state index >= 15 is 0 Å². The summed E-state index contributed by atoms with van der Waals surface area (Å²) >= 11 is 0. The highest BCUT2D eigenvalue weighted by Crippen LogP contribution is 2.36. The van der Waals surface area contributed by atoms with E-state index in [1.54, 1.807) is 6.92 Å². The average Bonchev–Trinajstić information content (AvgIpc) is 2.69. The third kappa shape index (κ3) is 9.17. The van der Waals surface area contributed by atoms with Crippen LogP contribution in [0.1, 0.15) is 93.4 Å². The van der Waals surface area contributed by atoms with Crippen molar-refractivity contribution in [3.8, 4) is 0 Å². The molecule has 2 atom stereocenters. The minimum absolute atomic E-state index is 0.0864. The number of ether oxygens (including phenoxy) is 3. The predicted octanol–water partition coefficient (Wildman–Crippen LogP) is 5.55. The van der Waals surface area contributed by atoms with Crippen molar-refractivity contribution in [1.82, 2.24) is 0 Å². The summed E-state index contributed by atoms with van der Waals surface area (Å²) in [6, 6.07) is 0. The Morgan fingerprint density at radius 1 is 0.897 bits per heavy atom. The maximum absolute atomic E-state index is 12.6. The molecule has 0 radical (unpaired) electrons.